The average molecular weight is 208 g/mol. The lowest BCUT2D eigenvalue weighted by molar-refractivity contribution is 0.0382. The number of hydrogen-bond donors (Lipinski definition) is 1. The maximum Gasteiger partial charge on any atom is 0.317 e. The molecule has 0 spiro atoms. The standard InChI is InChI=1S/C9H21O3P/c1-6-9(5,12-13(10)11)7-8(2,3)4/h13H,6-7H2,1-5H3,(H,10,11)/t9-/m1/s1. The third-order valence-corrected chi connectivity index (χ3v) is 2.65. The minimum Gasteiger partial charge on any atom is -0.326 e. The smallest absolute Gasteiger partial charge is 0.317 e. The molecule has 0 saturated carbocycles. The molecule has 13 heavy (non-hydrogen) atoms. The molecule has 80 valence electrons. The van der Waals surface area contributed by atoms with Gasteiger partial charge >= 0.3 is 8.25 Å². The van der Waals surface area contributed by atoms with Crippen LogP contribution in [-0.2, 0) is 9.09 Å². The second-order valence-corrected chi connectivity index (χ2v) is 5.64. The van der Waals surface area contributed by atoms with Crippen molar-refractivity contribution in [3.63, 3.8) is 0 Å². The minimum absolute atomic E-state index is 0.113. The van der Waals surface area contributed by atoms with Crippen LogP contribution in [0.4, 0.5) is 0 Å². The van der Waals surface area contributed by atoms with Crippen LogP contribution in [-0.4, -0.2) is 10.5 Å². The Balaban J connectivity index is 4.36. The summed E-state index contributed by atoms with van der Waals surface area (Å²) in [6.07, 6.45) is 1.54. The van der Waals surface area contributed by atoms with Gasteiger partial charge in [0.05, 0.1) is 5.60 Å². The monoisotopic (exact) mass is 208 g/mol. The van der Waals surface area contributed by atoms with E-state index in [1.807, 2.05) is 13.8 Å². The second kappa shape index (κ2) is 4.59. The van der Waals surface area contributed by atoms with Crippen LogP contribution in [0.25, 0.3) is 0 Å². The van der Waals surface area contributed by atoms with Crippen molar-refractivity contribution < 1.29 is 14.0 Å². The number of hydrogen-bond acceptors (Lipinski definition) is 2. The lowest BCUT2D eigenvalue weighted by Crippen LogP contribution is -2.30. The van der Waals surface area contributed by atoms with E-state index in [4.69, 9.17) is 9.42 Å². The molecule has 0 radical (unpaired) electrons. The summed E-state index contributed by atoms with van der Waals surface area (Å²) < 4.78 is 15.7. The van der Waals surface area contributed by atoms with Gasteiger partial charge in [0, 0.05) is 0 Å². The molecule has 0 aliphatic carbocycles. The highest BCUT2D eigenvalue weighted by Crippen LogP contribution is 2.37. The predicted molar refractivity (Wildman–Crippen MR) is 55.1 cm³/mol. The molecule has 0 heterocycles. The van der Waals surface area contributed by atoms with Gasteiger partial charge < -0.3 is 9.42 Å². The molecule has 0 fully saturated rings. The fraction of sp³-hybridized carbons (Fsp3) is 1.00. The lowest BCUT2D eigenvalue weighted by Gasteiger charge is -2.33. The first-order valence-corrected chi connectivity index (χ1v) is 5.87. The van der Waals surface area contributed by atoms with Gasteiger partial charge in [0.2, 0.25) is 0 Å². The first kappa shape index (κ1) is 13.2. The summed E-state index contributed by atoms with van der Waals surface area (Å²) in [6, 6.07) is 0. The van der Waals surface area contributed by atoms with Crippen molar-refractivity contribution in [2.45, 2.75) is 53.1 Å². The van der Waals surface area contributed by atoms with Gasteiger partial charge in [-0.25, -0.2) is 0 Å². The summed E-state index contributed by atoms with van der Waals surface area (Å²) in [4.78, 5) is 8.74. The van der Waals surface area contributed by atoms with Gasteiger partial charge in [0.1, 0.15) is 0 Å². The Bertz CT molecular complexity index is 186. The van der Waals surface area contributed by atoms with E-state index >= 15 is 0 Å². The highest BCUT2D eigenvalue weighted by molar-refractivity contribution is 7.32. The van der Waals surface area contributed by atoms with Crippen LogP contribution in [0, 0.1) is 5.41 Å². The van der Waals surface area contributed by atoms with Crippen LogP contribution in [0.2, 0.25) is 0 Å². The number of rotatable bonds is 4. The Hall–Kier alpha value is 0.150. The predicted octanol–water partition coefficient (Wildman–Crippen LogP) is 2.99. The molecule has 0 amide bonds. The largest absolute Gasteiger partial charge is 0.326 e. The van der Waals surface area contributed by atoms with Crippen LogP contribution in [0.1, 0.15) is 47.5 Å². The summed E-state index contributed by atoms with van der Waals surface area (Å²) in [7, 11) is -2.82. The zero-order valence-corrected chi connectivity index (χ0v) is 10.2. The fourth-order valence-electron chi connectivity index (χ4n) is 1.57. The summed E-state index contributed by atoms with van der Waals surface area (Å²) in [6.45, 7) is 10.1. The summed E-state index contributed by atoms with van der Waals surface area (Å²) in [5.74, 6) is 0. The minimum atomic E-state index is -2.82. The first-order valence-electron chi connectivity index (χ1n) is 4.60. The Morgan fingerprint density at radius 1 is 1.31 bits per heavy atom. The van der Waals surface area contributed by atoms with Crippen LogP contribution < -0.4 is 0 Å². The van der Waals surface area contributed by atoms with Crippen molar-refractivity contribution in [1.82, 2.24) is 0 Å². The molecule has 0 aromatic heterocycles. The Labute approximate surface area is 81.4 Å². The molecule has 0 aromatic rings. The molecule has 0 aromatic carbocycles. The zero-order valence-electron chi connectivity index (χ0n) is 9.18. The Kier molecular flexibility index (Phi) is 4.64. The van der Waals surface area contributed by atoms with Crippen LogP contribution in [0.3, 0.4) is 0 Å². The molecular formula is C9H21O3P. The highest BCUT2D eigenvalue weighted by atomic mass is 31.1. The molecule has 0 aliphatic rings. The molecule has 1 unspecified atom stereocenters. The maximum atomic E-state index is 10.6. The van der Waals surface area contributed by atoms with Crippen molar-refractivity contribution in [1.29, 1.82) is 0 Å². The summed E-state index contributed by atoms with van der Waals surface area (Å²) in [5.41, 5.74) is -0.356. The average Bonchev–Trinajstić information content (AvgIpc) is 1.81. The van der Waals surface area contributed by atoms with Crippen LogP contribution in [0.5, 0.6) is 0 Å². The highest BCUT2D eigenvalue weighted by Gasteiger charge is 2.30. The quantitative estimate of drug-likeness (QED) is 0.722. The van der Waals surface area contributed by atoms with E-state index in [0.29, 0.717) is 0 Å². The van der Waals surface area contributed by atoms with Crippen molar-refractivity contribution >= 4 is 8.25 Å². The van der Waals surface area contributed by atoms with E-state index in [-0.39, 0.29) is 5.41 Å². The molecule has 1 N–H and O–H groups in total. The van der Waals surface area contributed by atoms with Crippen molar-refractivity contribution in [2.75, 3.05) is 0 Å². The van der Waals surface area contributed by atoms with Crippen molar-refractivity contribution in [3.8, 4) is 0 Å². The van der Waals surface area contributed by atoms with Crippen molar-refractivity contribution in [2.24, 2.45) is 5.41 Å². The Morgan fingerprint density at radius 2 is 1.77 bits per heavy atom. The van der Waals surface area contributed by atoms with Gasteiger partial charge in [-0.15, -0.1) is 0 Å². The normalized spacial score (nSPS) is 19.5. The van der Waals surface area contributed by atoms with Gasteiger partial charge in [-0.05, 0) is 25.2 Å². The topological polar surface area (TPSA) is 46.5 Å². The van der Waals surface area contributed by atoms with Gasteiger partial charge in [0.25, 0.3) is 0 Å². The van der Waals surface area contributed by atoms with E-state index in [2.05, 4.69) is 20.8 Å². The molecule has 0 rings (SSSR count). The third kappa shape index (κ3) is 6.25. The van der Waals surface area contributed by atoms with E-state index in [0.717, 1.165) is 12.8 Å². The Morgan fingerprint density at radius 3 is 2.00 bits per heavy atom. The maximum absolute atomic E-state index is 10.6. The van der Waals surface area contributed by atoms with Gasteiger partial charge in [-0.3, -0.25) is 4.57 Å². The third-order valence-electron chi connectivity index (χ3n) is 1.99. The fourth-order valence-corrected chi connectivity index (χ4v) is 2.20. The molecule has 0 aliphatic heterocycles. The lowest BCUT2D eigenvalue weighted by atomic mass is 9.82. The van der Waals surface area contributed by atoms with Crippen molar-refractivity contribution in [3.05, 3.63) is 0 Å². The molecule has 0 saturated heterocycles. The van der Waals surface area contributed by atoms with Crippen LogP contribution in [0.15, 0.2) is 0 Å². The van der Waals surface area contributed by atoms with E-state index in [1.165, 1.54) is 0 Å². The molecule has 4 heteroatoms. The van der Waals surface area contributed by atoms with Gasteiger partial charge in [0.15, 0.2) is 0 Å². The van der Waals surface area contributed by atoms with Crippen LogP contribution >= 0.6 is 8.25 Å². The van der Waals surface area contributed by atoms with E-state index < -0.39 is 13.9 Å². The van der Waals surface area contributed by atoms with E-state index in [1.54, 1.807) is 0 Å². The van der Waals surface area contributed by atoms with Gasteiger partial charge in [-0.2, -0.15) is 0 Å². The zero-order chi connectivity index (χ0) is 10.7. The van der Waals surface area contributed by atoms with E-state index in [9.17, 15) is 4.57 Å². The first-order chi connectivity index (χ1) is 5.68. The molecular weight excluding hydrogens is 187 g/mol. The molecule has 0 bridgehead atoms. The SMILES string of the molecule is CC[C@](C)(CC(C)(C)C)O[PH](=O)O. The summed E-state index contributed by atoms with van der Waals surface area (Å²) >= 11 is 0. The van der Waals surface area contributed by atoms with Gasteiger partial charge in [-0.1, -0.05) is 27.7 Å². The molecule has 2 atom stereocenters. The summed E-state index contributed by atoms with van der Waals surface area (Å²) in [5, 5.41) is 0. The second-order valence-electron chi connectivity index (χ2n) is 4.91. The molecule has 3 nitrogen and oxygen atoms in total.